The van der Waals surface area contributed by atoms with E-state index in [1.165, 1.54) is 70.6 Å². The molecule has 0 aromatic rings. The number of hydrogen-bond acceptors (Lipinski definition) is 6. The van der Waals surface area contributed by atoms with E-state index in [4.69, 9.17) is 14.2 Å². The fraction of sp³-hybridized carbons (Fsp3) is 0.696. The molecule has 6 heteroatoms. The molecule has 0 bridgehead atoms. The topological polar surface area (TPSA) is 78.9 Å². The Balaban J connectivity index is 4.18. The van der Waals surface area contributed by atoms with Crippen LogP contribution in [-0.2, 0) is 28.6 Å². The number of allylic oxidation sites excluding steroid dienone is 14. The molecule has 0 saturated heterocycles. The number of esters is 3. The third-order valence-corrected chi connectivity index (χ3v) is 10.7. The minimum atomic E-state index is -0.778. The number of carbonyl (C=O) groups is 3. The first-order chi connectivity index (χ1) is 30.5. The van der Waals surface area contributed by atoms with Crippen molar-refractivity contribution in [1.82, 2.24) is 0 Å². The summed E-state index contributed by atoms with van der Waals surface area (Å²) in [6.07, 6.45) is 64.5. The molecule has 354 valence electrons. The Labute approximate surface area is 382 Å². The molecule has 62 heavy (non-hydrogen) atoms. The first-order valence-corrected chi connectivity index (χ1v) is 25.6. The van der Waals surface area contributed by atoms with Crippen molar-refractivity contribution >= 4 is 17.9 Å². The highest BCUT2D eigenvalue weighted by atomic mass is 16.6. The quantitative estimate of drug-likeness (QED) is 0.0263. The van der Waals surface area contributed by atoms with Gasteiger partial charge in [-0.3, -0.25) is 14.4 Å². The molecule has 0 heterocycles. The van der Waals surface area contributed by atoms with Crippen molar-refractivity contribution in [1.29, 1.82) is 0 Å². The second-order valence-electron chi connectivity index (χ2n) is 16.7. The van der Waals surface area contributed by atoms with E-state index in [1.54, 1.807) is 0 Å². The average Bonchev–Trinajstić information content (AvgIpc) is 3.27. The molecule has 0 amide bonds. The van der Waals surface area contributed by atoms with E-state index >= 15 is 0 Å². The highest BCUT2D eigenvalue weighted by Gasteiger charge is 2.19. The second-order valence-corrected chi connectivity index (χ2v) is 16.7. The van der Waals surface area contributed by atoms with Crippen LogP contribution in [0.5, 0.6) is 0 Å². The van der Waals surface area contributed by atoms with Gasteiger partial charge in [0, 0.05) is 19.3 Å². The van der Waals surface area contributed by atoms with Crippen molar-refractivity contribution in [3.05, 3.63) is 85.1 Å². The Morgan fingerprint density at radius 3 is 0.984 bits per heavy atom. The lowest BCUT2D eigenvalue weighted by atomic mass is 10.1. The molecule has 1 unspecified atom stereocenters. The summed E-state index contributed by atoms with van der Waals surface area (Å²) in [6, 6.07) is 0. The molecule has 0 fully saturated rings. The van der Waals surface area contributed by atoms with Gasteiger partial charge in [0.05, 0.1) is 0 Å². The molecule has 0 aromatic heterocycles. The lowest BCUT2D eigenvalue weighted by Gasteiger charge is -2.18. The zero-order chi connectivity index (χ0) is 45.1. The molecule has 0 aliphatic carbocycles. The van der Waals surface area contributed by atoms with Gasteiger partial charge in [-0.1, -0.05) is 221 Å². The van der Waals surface area contributed by atoms with Gasteiger partial charge in [-0.2, -0.15) is 0 Å². The summed E-state index contributed by atoms with van der Waals surface area (Å²) in [5.41, 5.74) is 0. The van der Waals surface area contributed by atoms with Crippen LogP contribution in [0.3, 0.4) is 0 Å². The van der Waals surface area contributed by atoms with Crippen molar-refractivity contribution in [2.24, 2.45) is 0 Å². The lowest BCUT2D eigenvalue weighted by Crippen LogP contribution is -2.30. The minimum absolute atomic E-state index is 0.0816. The summed E-state index contributed by atoms with van der Waals surface area (Å²) >= 11 is 0. The van der Waals surface area contributed by atoms with Crippen LogP contribution in [0.2, 0.25) is 0 Å². The van der Waals surface area contributed by atoms with Crippen LogP contribution in [-0.4, -0.2) is 37.2 Å². The summed E-state index contributed by atoms with van der Waals surface area (Å²) in [7, 11) is 0. The van der Waals surface area contributed by atoms with Crippen molar-refractivity contribution in [2.45, 2.75) is 239 Å². The van der Waals surface area contributed by atoms with E-state index in [2.05, 4.69) is 106 Å². The Hall–Kier alpha value is -3.41. The Morgan fingerprint density at radius 2 is 0.629 bits per heavy atom. The SMILES string of the molecule is CC/C=C\C/C=C\C/C=C\C/C=C\C/C=C\C/C=C\C/C=C\CCCCCCCC(=O)OCC(COC(=O)CCCCCCCC)OC(=O)CCCCCCCCCCCCC. The summed E-state index contributed by atoms with van der Waals surface area (Å²) in [6.45, 7) is 6.43. The predicted molar refractivity (Wildman–Crippen MR) is 265 cm³/mol. The van der Waals surface area contributed by atoms with Crippen LogP contribution in [0.1, 0.15) is 233 Å². The fourth-order valence-electron chi connectivity index (χ4n) is 6.83. The zero-order valence-electron chi connectivity index (χ0n) is 40.4. The summed E-state index contributed by atoms with van der Waals surface area (Å²) in [5.74, 6) is -0.914. The van der Waals surface area contributed by atoms with E-state index in [0.29, 0.717) is 19.3 Å². The number of ether oxygens (including phenoxy) is 3. The maximum absolute atomic E-state index is 12.7. The minimum Gasteiger partial charge on any atom is -0.462 e. The van der Waals surface area contributed by atoms with Crippen LogP contribution in [0, 0.1) is 0 Å². The van der Waals surface area contributed by atoms with Crippen LogP contribution >= 0.6 is 0 Å². The maximum Gasteiger partial charge on any atom is 0.306 e. The molecule has 0 saturated carbocycles. The van der Waals surface area contributed by atoms with Crippen molar-refractivity contribution in [3.8, 4) is 0 Å². The summed E-state index contributed by atoms with van der Waals surface area (Å²) in [4.78, 5) is 37.6. The molecule has 0 aromatic carbocycles. The van der Waals surface area contributed by atoms with Crippen LogP contribution < -0.4 is 0 Å². The van der Waals surface area contributed by atoms with E-state index in [9.17, 15) is 14.4 Å². The standard InChI is InChI=1S/C56H94O6/c1-4-7-10-13-16-18-20-21-22-23-24-25-26-27-28-29-30-31-32-33-34-35-37-38-40-43-46-49-55(58)61-52-53(51-60-54(57)48-45-42-15-12-9-6-3)62-56(59)50-47-44-41-39-36-19-17-14-11-8-5-2/h7,10,16,18,21-22,24-25,27-28,30-31,33-34,53H,4-6,8-9,11-15,17,19-20,23,26,29,32,35-52H2,1-3H3/b10-7-,18-16-,22-21-,25-24-,28-27-,31-30-,34-33-. The molecule has 0 spiro atoms. The first-order valence-electron chi connectivity index (χ1n) is 25.6. The molecule has 0 aliphatic rings. The average molecular weight is 863 g/mol. The van der Waals surface area contributed by atoms with Gasteiger partial charge in [-0.15, -0.1) is 0 Å². The predicted octanol–water partition coefficient (Wildman–Crippen LogP) is 16.8. The van der Waals surface area contributed by atoms with Gasteiger partial charge < -0.3 is 14.2 Å². The monoisotopic (exact) mass is 863 g/mol. The smallest absolute Gasteiger partial charge is 0.306 e. The fourth-order valence-corrected chi connectivity index (χ4v) is 6.83. The van der Waals surface area contributed by atoms with Gasteiger partial charge in [-0.25, -0.2) is 0 Å². The molecule has 0 aliphatic heterocycles. The molecule has 6 nitrogen and oxygen atoms in total. The normalized spacial score (nSPS) is 12.8. The molecule has 0 radical (unpaired) electrons. The van der Waals surface area contributed by atoms with E-state index < -0.39 is 6.10 Å². The number of hydrogen-bond donors (Lipinski definition) is 0. The van der Waals surface area contributed by atoms with Gasteiger partial charge >= 0.3 is 17.9 Å². The highest BCUT2D eigenvalue weighted by Crippen LogP contribution is 2.14. The van der Waals surface area contributed by atoms with Crippen LogP contribution in [0.15, 0.2) is 85.1 Å². The van der Waals surface area contributed by atoms with E-state index in [0.717, 1.165) is 122 Å². The Morgan fingerprint density at radius 1 is 0.339 bits per heavy atom. The molecular formula is C56H94O6. The third kappa shape index (κ3) is 47.6. The lowest BCUT2D eigenvalue weighted by molar-refractivity contribution is -0.167. The van der Waals surface area contributed by atoms with Gasteiger partial charge in [0.2, 0.25) is 0 Å². The maximum atomic E-state index is 12.7. The largest absolute Gasteiger partial charge is 0.462 e. The van der Waals surface area contributed by atoms with Gasteiger partial charge in [0.25, 0.3) is 0 Å². The molecule has 0 N–H and O–H groups in total. The van der Waals surface area contributed by atoms with Crippen molar-refractivity contribution in [3.63, 3.8) is 0 Å². The number of carbonyl (C=O) groups excluding carboxylic acids is 3. The number of rotatable bonds is 45. The zero-order valence-corrected chi connectivity index (χ0v) is 40.4. The third-order valence-electron chi connectivity index (χ3n) is 10.7. The number of unbranched alkanes of at least 4 members (excludes halogenated alkanes) is 20. The van der Waals surface area contributed by atoms with Gasteiger partial charge in [0.15, 0.2) is 6.10 Å². The molecule has 0 rings (SSSR count). The van der Waals surface area contributed by atoms with E-state index in [1.807, 2.05) is 0 Å². The van der Waals surface area contributed by atoms with Gasteiger partial charge in [0.1, 0.15) is 13.2 Å². The van der Waals surface area contributed by atoms with Gasteiger partial charge in [-0.05, 0) is 77.0 Å². The second kappa shape index (κ2) is 50.2. The van der Waals surface area contributed by atoms with Crippen molar-refractivity contribution < 1.29 is 28.6 Å². The molecular weight excluding hydrogens is 769 g/mol. The van der Waals surface area contributed by atoms with Crippen LogP contribution in [0.25, 0.3) is 0 Å². The van der Waals surface area contributed by atoms with Crippen LogP contribution in [0.4, 0.5) is 0 Å². The Kier molecular flexibility index (Phi) is 47.5. The summed E-state index contributed by atoms with van der Waals surface area (Å²) < 4.78 is 16.6. The Bertz CT molecular complexity index is 1220. The summed E-state index contributed by atoms with van der Waals surface area (Å²) in [5, 5.41) is 0. The van der Waals surface area contributed by atoms with Crippen molar-refractivity contribution in [2.75, 3.05) is 13.2 Å². The molecule has 1 atom stereocenters. The highest BCUT2D eigenvalue weighted by molar-refractivity contribution is 5.71. The first kappa shape index (κ1) is 58.6. The van der Waals surface area contributed by atoms with E-state index in [-0.39, 0.29) is 31.1 Å².